The number of nitrogens with zero attached hydrogens (tertiary/aromatic N) is 2. The van der Waals surface area contributed by atoms with Crippen molar-refractivity contribution in [2.45, 2.75) is 19.3 Å². The molecule has 0 saturated carbocycles. The summed E-state index contributed by atoms with van der Waals surface area (Å²) in [4.78, 5) is 2.39. The van der Waals surface area contributed by atoms with E-state index in [2.05, 4.69) is 39.3 Å². The molecule has 0 aromatic heterocycles. The van der Waals surface area contributed by atoms with Gasteiger partial charge in [-0.05, 0) is 73.4 Å². The first kappa shape index (κ1) is 14.4. The number of rotatable bonds is 4. The fourth-order valence-corrected chi connectivity index (χ4v) is 3.00. The van der Waals surface area contributed by atoms with E-state index in [9.17, 15) is 0 Å². The van der Waals surface area contributed by atoms with Crippen LogP contribution in [-0.2, 0) is 0 Å². The lowest BCUT2D eigenvalue weighted by Crippen LogP contribution is -2.30. The highest BCUT2D eigenvalue weighted by Crippen LogP contribution is 2.24. The molecule has 0 unspecified atom stereocenters. The van der Waals surface area contributed by atoms with Gasteiger partial charge in [0.15, 0.2) is 0 Å². The molecule has 1 aromatic carbocycles. The Balaban J connectivity index is 1.83. The van der Waals surface area contributed by atoms with Crippen molar-refractivity contribution in [3.05, 3.63) is 28.2 Å². The zero-order chi connectivity index (χ0) is 13.7. The van der Waals surface area contributed by atoms with Gasteiger partial charge in [0.05, 0.1) is 11.3 Å². The summed E-state index contributed by atoms with van der Waals surface area (Å²) >= 11 is 3.41. The molecular formula is C15H20BrN3. The quantitative estimate of drug-likeness (QED) is 0.923. The second-order valence-corrected chi connectivity index (χ2v) is 6.09. The minimum Gasteiger partial charge on any atom is -0.384 e. The van der Waals surface area contributed by atoms with Crippen LogP contribution in [0.5, 0.6) is 0 Å². The molecule has 0 amide bonds. The second kappa shape index (κ2) is 6.93. The first-order chi connectivity index (χ1) is 9.20. The number of likely N-dealkylation sites (tertiary alicyclic amines) is 1. The predicted molar refractivity (Wildman–Crippen MR) is 82.2 cm³/mol. The summed E-state index contributed by atoms with van der Waals surface area (Å²) in [5, 5.41) is 12.5. The Morgan fingerprint density at radius 1 is 1.42 bits per heavy atom. The van der Waals surface area contributed by atoms with Crippen LogP contribution >= 0.6 is 15.9 Å². The number of piperidine rings is 1. The van der Waals surface area contributed by atoms with Gasteiger partial charge < -0.3 is 10.2 Å². The SMILES string of the molecule is CN1CCC(CCNc2cccc(Br)c2C#N)CC1. The lowest BCUT2D eigenvalue weighted by molar-refractivity contribution is 0.215. The Kier molecular flexibility index (Phi) is 5.24. The van der Waals surface area contributed by atoms with E-state index in [0.29, 0.717) is 5.56 Å². The van der Waals surface area contributed by atoms with Crippen LogP contribution < -0.4 is 5.32 Å². The van der Waals surface area contributed by atoms with Crippen molar-refractivity contribution in [3.8, 4) is 6.07 Å². The Bertz CT molecular complexity index is 459. The third-order valence-corrected chi connectivity index (χ3v) is 4.49. The lowest BCUT2D eigenvalue weighted by Gasteiger charge is -2.29. The van der Waals surface area contributed by atoms with Crippen LogP contribution in [0, 0.1) is 17.2 Å². The molecule has 3 nitrogen and oxygen atoms in total. The number of benzene rings is 1. The fourth-order valence-electron chi connectivity index (χ4n) is 2.55. The van der Waals surface area contributed by atoms with E-state index in [1.807, 2.05) is 18.2 Å². The zero-order valence-electron chi connectivity index (χ0n) is 11.3. The molecule has 0 aliphatic carbocycles. The van der Waals surface area contributed by atoms with Gasteiger partial charge in [-0.15, -0.1) is 0 Å². The molecule has 1 aliphatic heterocycles. The number of hydrogen-bond acceptors (Lipinski definition) is 3. The molecule has 4 heteroatoms. The molecule has 0 atom stereocenters. The highest BCUT2D eigenvalue weighted by Gasteiger charge is 2.16. The maximum absolute atomic E-state index is 9.15. The molecule has 0 bridgehead atoms. The predicted octanol–water partition coefficient (Wildman–Crippen LogP) is 3.46. The van der Waals surface area contributed by atoms with Gasteiger partial charge in [0.1, 0.15) is 6.07 Å². The van der Waals surface area contributed by atoms with Crippen molar-refractivity contribution >= 4 is 21.6 Å². The van der Waals surface area contributed by atoms with Crippen LogP contribution in [0.25, 0.3) is 0 Å². The fraction of sp³-hybridized carbons (Fsp3) is 0.533. The molecular weight excluding hydrogens is 302 g/mol. The molecule has 1 aromatic rings. The highest BCUT2D eigenvalue weighted by atomic mass is 79.9. The maximum Gasteiger partial charge on any atom is 0.103 e. The van der Waals surface area contributed by atoms with E-state index in [4.69, 9.17) is 5.26 Å². The van der Waals surface area contributed by atoms with Gasteiger partial charge in [-0.2, -0.15) is 5.26 Å². The van der Waals surface area contributed by atoms with Gasteiger partial charge in [-0.25, -0.2) is 0 Å². The summed E-state index contributed by atoms with van der Waals surface area (Å²) < 4.78 is 0.860. The molecule has 1 aliphatic rings. The molecule has 102 valence electrons. The van der Waals surface area contributed by atoms with Crippen LogP contribution in [-0.4, -0.2) is 31.6 Å². The van der Waals surface area contributed by atoms with Crippen molar-refractivity contribution < 1.29 is 0 Å². The van der Waals surface area contributed by atoms with Gasteiger partial charge in [0, 0.05) is 11.0 Å². The van der Waals surface area contributed by atoms with E-state index in [-0.39, 0.29) is 0 Å². The van der Waals surface area contributed by atoms with Crippen molar-refractivity contribution in [2.75, 3.05) is 32.0 Å². The zero-order valence-corrected chi connectivity index (χ0v) is 12.9. The molecule has 0 radical (unpaired) electrons. The lowest BCUT2D eigenvalue weighted by atomic mass is 9.94. The summed E-state index contributed by atoms with van der Waals surface area (Å²) in [6, 6.07) is 8.08. The summed E-state index contributed by atoms with van der Waals surface area (Å²) in [7, 11) is 2.19. The third kappa shape index (κ3) is 3.95. The monoisotopic (exact) mass is 321 g/mol. The minimum atomic E-state index is 0.700. The molecule has 1 heterocycles. The van der Waals surface area contributed by atoms with Crippen LogP contribution in [0.4, 0.5) is 5.69 Å². The topological polar surface area (TPSA) is 39.1 Å². The summed E-state index contributed by atoms with van der Waals surface area (Å²) in [5.41, 5.74) is 1.63. The van der Waals surface area contributed by atoms with E-state index < -0.39 is 0 Å². The molecule has 1 fully saturated rings. The van der Waals surface area contributed by atoms with Crippen molar-refractivity contribution in [3.63, 3.8) is 0 Å². The van der Waals surface area contributed by atoms with Gasteiger partial charge >= 0.3 is 0 Å². The minimum absolute atomic E-state index is 0.700. The van der Waals surface area contributed by atoms with Crippen LogP contribution in [0.3, 0.4) is 0 Å². The van der Waals surface area contributed by atoms with Gasteiger partial charge in [-0.1, -0.05) is 6.07 Å². The third-order valence-electron chi connectivity index (χ3n) is 3.83. The number of anilines is 1. The van der Waals surface area contributed by atoms with Crippen molar-refractivity contribution in [1.82, 2.24) is 4.90 Å². The van der Waals surface area contributed by atoms with Crippen molar-refractivity contribution in [2.24, 2.45) is 5.92 Å². The number of nitrogens with one attached hydrogen (secondary N) is 1. The standard InChI is InChI=1S/C15H20BrN3/c1-19-9-6-12(7-10-19)5-8-18-15-4-2-3-14(16)13(15)11-17/h2-4,12,18H,5-10H2,1H3. The summed E-state index contributed by atoms with van der Waals surface area (Å²) in [6.45, 7) is 3.37. The Hall–Kier alpha value is -1.05. The van der Waals surface area contributed by atoms with Gasteiger partial charge in [0.25, 0.3) is 0 Å². The second-order valence-electron chi connectivity index (χ2n) is 5.24. The highest BCUT2D eigenvalue weighted by molar-refractivity contribution is 9.10. The maximum atomic E-state index is 9.15. The molecule has 2 rings (SSSR count). The van der Waals surface area contributed by atoms with Crippen LogP contribution in [0.15, 0.2) is 22.7 Å². The number of halogens is 1. The van der Waals surface area contributed by atoms with E-state index in [0.717, 1.165) is 22.6 Å². The summed E-state index contributed by atoms with van der Waals surface area (Å²) in [6.07, 6.45) is 3.77. The smallest absolute Gasteiger partial charge is 0.103 e. The van der Waals surface area contributed by atoms with E-state index >= 15 is 0 Å². The first-order valence-electron chi connectivity index (χ1n) is 6.81. The molecule has 19 heavy (non-hydrogen) atoms. The number of hydrogen-bond donors (Lipinski definition) is 1. The van der Waals surface area contributed by atoms with Crippen LogP contribution in [0.2, 0.25) is 0 Å². The Morgan fingerprint density at radius 3 is 2.84 bits per heavy atom. The van der Waals surface area contributed by atoms with Crippen LogP contribution in [0.1, 0.15) is 24.8 Å². The Labute approximate surface area is 123 Å². The largest absolute Gasteiger partial charge is 0.384 e. The van der Waals surface area contributed by atoms with Crippen molar-refractivity contribution in [1.29, 1.82) is 5.26 Å². The van der Waals surface area contributed by atoms with Gasteiger partial charge in [-0.3, -0.25) is 0 Å². The van der Waals surface area contributed by atoms with Gasteiger partial charge in [0.2, 0.25) is 0 Å². The Morgan fingerprint density at radius 2 is 2.16 bits per heavy atom. The first-order valence-corrected chi connectivity index (χ1v) is 7.61. The van der Waals surface area contributed by atoms with E-state index in [1.165, 1.54) is 32.4 Å². The average molecular weight is 322 g/mol. The molecule has 1 saturated heterocycles. The summed E-state index contributed by atoms with van der Waals surface area (Å²) in [5.74, 6) is 0.821. The van der Waals surface area contributed by atoms with E-state index in [1.54, 1.807) is 0 Å². The molecule has 1 N–H and O–H groups in total. The molecule has 0 spiro atoms. The normalized spacial score (nSPS) is 17.1. The number of nitriles is 1. The average Bonchev–Trinajstić information content (AvgIpc) is 2.41.